The highest BCUT2D eigenvalue weighted by molar-refractivity contribution is 6.07. The molecular weight excluding hydrogens is 380 g/mol. The molecule has 2 aliphatic heterocycles. The molecule has 1 saturated carbocycles. The number of rotatable bonds is 7. The van der Waals surface area contributed by atoms with Crippen molar-refractivity contribution in [3.05, 3.63) is 35.9 Å². The van der Waals surface area contributed by atoms with E-state index in [0.717, 1.165) is 57.2 Å². The van der Waals surface area contributed by atoms with E-state index in [4.69, 9.17) is 0 Å². The Morgan fingerprint density at radius 1 is 1.03 bits per heavy atom. The van der Waals surface area contributed by atoms with Crippen LogP contribution in [-0.2, 0) is 9.59 Å². The molecule has 1 aromatic rings. The Morgan fingerprint density at radius 2 is 1.73 bits per heavy atom. The van der Waals surface area contributed by atoms with Gasteiger partial charge in [0.05, 0.1) is 0 Å². The number of hydrogen-bond donors (Lipinski definition) is 2. The summed E-state index contributed by atoms with van der Waals surface area (Å²) in [4.78, 5) is 41.6. The first-order chi connectivity index (χ1) is 14.6. The standard InChI is InChI=1S/C23H32N4O3/c28-20(26-15-7-2-8-16-26)19(18-10-3-1-4-11-18)24-14-9-17-27-21(29)23(25-22(27)30)12-5-6-13-23/h1,3-4,10-11,19,24H,2,5-9,12-17H2,(H,25,30)/t19-/m1/s1. The topological polar surface area (TPSA) is 81.8 Å². The van der Waals surface area contributed by atoms with Crippen molar-refractivity contribution in [2.24, 2.45) is 0 Å². The van der Waals surface area contributed by atoms with Crippen molar-refractivity contribution in [1.82, 2.24) is 20.4 Å². The van der Waals surface area contributed by atoms with Gasteiger partial charge in [0.15, 0.2) is 0 Å². The Bertz CT molecular complexity index is 770. The van der Waals surface area contributed by atoms with E-state index in [9.17, 15) is 14.4 Å². The van der Waals surface area contributed by atoms with Crippen LogP contribution >= 0.6 is 0 Å². The van der Waals surface area contributed by atoms with Gasteiger partial charge >= 0.3 is 6.03 Å². The van der Waals surface area contributed by atoms with E-state index >= 15 is 0 Å². The molecule has 2 N–H and O–H groups in total. The van der Waals surface area contributed by atoms with Gasteiger partial charge in [0.2, 0.25) is 5.91 Å². The number of hydrogen-bond acceptors (Lipinski definition) is 4. The fourth-order valence-electron chi connectivity index (χ4n) is 4.97. The van der Waals surface area contributed by atoms with Crippen LogP contribution < -0.4 is 10.6 Å². The Hall–Kier alpha value is -2.41. The Labute approximate surface area is 178 Å². The van der Waals surface area contributed by atoms with E-state index in [2.05, 4.69) is 10.6 Å². The molecule has 0 bridgehead atoms. The number of likely N-dealkylation sites (tertiary alicyclic amines) is 1. The third-order valence-corrected chi connectivity index (χ3v) is 6.66. The highest BCUT2D eigenvalue weighted by Crippen LogP contribution is 2.35. The van der Waals surface area contributed by atoms with Crippen molar-refractivity contribution >= 4 is 17.8 Å². The summed E-state index contributed by atoms with van der Waals surface area (Å²) in [7, 11) is 0. The van der Waals surface area contributed by atoms with Crippen LogP contribution in [0.1, 0.15) is 63.0 Å². The number of nitrogens with one attached hydrogen (secondary N) is 2. The van der Waals surface area contributed by atoms with Crippen LogP contribution in [0.2, 0.25) is 0 Å². The van der Waals surface area contributed by atoms with Gasteiger partial charge in [0, 0.05) is 19.6 Å². The molecule has 1 atom stereocenters. The molecule has 3 fully saturated rings. The van der Waals surface area contributed by atoms with Crippen LogP contribution in [0, 0.1) is 0 Å². The molecular formula is C23H32N4O3. The summed E-state index contributed by atoms with van der Waals surface area (Å²) in [6.07, 6.45) is 7.37. The molecule has 3 aliphatic rings. The molecule has 4 rings (SSSR count). The van der Waals surface area contributed by atoms with Gasteiger partial charge in [-0.3, -0.25) is 14.5 Å². The summed E-state index contributed by atoms with van der Waals surface area (Å²) in [6.45, 7) is 2.56. The predicted molar refractivity (Wildman–Crippen MR) is 114 cm³/mol. The van der Waals surface area contributed by atoms with E-state index in [-0.39, 0.29) is 17.8 Å². The average molecular weight is 413 g/mol. The van der Waals surface area contributed by atoms with Crippen molar-refractivity contribution in [3.8, 4) is 0 Å². The van der Waals surface area contributed by atoms with Gasteiger partial charge in [0.25, 0.3) is 5.91 Å². The smallest absolute Gasteiger partial charge is 0.325 e. The van der Waals surface area contributed by atoms with Crippen molar-refractivity contribution in [2.75, 3.05) is 26.2 Å². The number of amides is 4. The molecule has 7 nitrogen and oxygen atoms in total. The van der Waals surface area contributed by atoms with Gasteiger partial charge in [-0.1, -0.05) is 43.2 Å². The highest BCUT2D eigenvalue weighted by Gasteiger charge is 2.52. The molecule has 0 radical (unpaired) electrons. The van der Waals surface area contributed by atoms with Gasteiger partial charge in [-0.25, -0.2) is 4.79 Å². The summed E-state index contributed by atoms with van der Waals surface area (Å²) in [5.74, 6) is 0.0369. The fourth-order valence-corrected chi connectivity index (χ4v) is 4.97. The molecule has 1 aromatic carbocycles. The van der Waals surface area contributed by atoms with Gasteiger partial charge in [-0.05, 0) is 50.6 Å². The van der Waals surface area contributed by atoms with Crippen LogP contribution in [0.15, 0.2) is 30.3 Å². The van der Waals surface area contributed by atoms with Crippen molar-refractivity contribution in [2.45, 2.75) is 62.9 Å². The van der Waals surface area contributed by atoms with Crippen molar-refractivity contribution in [1.29, 1.82) is 0 Å². The number of carbonyl (C=O) groups is 3. The molecule has 0 aromatic heterocycles. The third kappa shape index (κ3) is 4.21. The lowest BCUT2D eigenvalue weighted by Gasteiger charge is -2.31. The monoisotopic (exact) mass is 412 g/mol. The first kappa shape index (κ1) is 20.8. The number of benzene rings is 1. The molecule has 2 heterocycles. The molecule has 1 aliphatic carbocycles. The molecule has 162 valence electrons. The lowest BCUT2D eigenvalue weighted by atomic mass is 9.98. The lowest BCUT2D eigenvalue weighted by Crippen LogP contribution is -2.44. The molecule has 0 unspecified atom stereocenters. The number of carbonyl (C=O) groups excluding carboxylic acids is 3. The first-order valence-electron chi connectivity index (χ1n) is 11.3. The summed E-state index contributed by atoms with van der Waals surface area (Å²) in [6, 6.07) is 9.12. The van der Waals surface area contributed by atoms with Crippen molar-refractivity contribution in [3.63, 3.8) is 0 Å². The SMILES string of the molecule is O=C([C@H](NCCCN1C(=O)NC2(CCCC2)C1=O)c1ccccc1)N1CCCCC1. The van der Waals surface area contributed by atoms with Crippen LogP contribution in [0.3, 0.4) is 0 Å². The van der Waals surface area contributed by atoms with Crippen LogP contribution in [0.25, 0.3) is 0 Å². The zero-order valence-corrected chi connectivity index (χ0v) is 17.6. The number of nitrogens with zero attached hydrogens (tertiary/aromatic N) is 2. The summed E-state index contributed by atoms with van der Waals surface area (Å²) in [5.41, 5.74) is 0.300. The minimum absolute atomic E-state index is 0.0750. The second-order valence-electron chi connectivity index (χ2n) is 8.71. The zero-order chi connectivity index (χ0) is 21.0. The minimum Gasteiger partial charge on any atom is -0.341 e. The van der Waals surface area contributed by atoms with Gasteiger partial charge in [0.1, 0.15) is 11.6 Å². The largest absolute Gasteiger partial charge is 0.341 e. The fraction of sp³-hybridized carbons (Fsp3) is 0.609. The highest BCUT2D eigenvalue weighted by atomic mass is 16.2. The molecule has 2 saturated heterocycles. The van der Waals surface area contributed by atoms with E-state index in [1.165, 1.54) is 11.3 Å². The molecule has 7 heteroatoms. The quantitative estimate of drug-likeness (QED) is 0.533. The van der Waals surface area contributed by atoms with E-state index in [1.807, 2.05) is 35.2 Å². The Kier molecular flexibility index (Phi) is 6.37. The van der Waals surface area contributed by atoms with Crippen LogP contribution in [0.5, 0.6) is 0 Å². The maximum absolute atomic E-state index is 13.2. The van der Waals surface area contributed by atoms with Crippen LogP contribution in [-0.4, -0.2) is 59.4 Å². The normalized spacial score (nSPS) is 21.9. The van der Waals surface area contributed by atoms with Crippen molar-refractivity contribution < 1.29 is 14.4 Å². The predicted octanol–water partition coefficient (Wildman–Crippen LogP) is 2.58. The summed E-state index contributed by atoms with van der Waals surface area (Å²) < 4.78 is 0. The second-order valence-corrected chi connectivity index (χ2v) is 8.71. The number of imide groups is 1. The summed E-state index contributed by atoms with van der Waals surface area (Å²) in [5, 5.41) is 6.31. The van der Waals surface area contributed by atoms with Gasteiger partial charge < -0.3 is 15.5 Å². The van der Waals surface area contributed by atoms with Gasteiger partial charge in [-0.2, -0.15) is 0 Å². The Morgan fingerprint density at radius 3 is 2.43 bits per heavy atom. The molecule has 1 spiro atoms. The van der Waals surface area contributed by atoms with Crippen LogP contribution in [0.4, 0.5) is 4.79 Å². The van der Waals surface area contributed by atoms with Gasteiger partial charge in [-0.15, -0.1) is 0 Å². The first-order valence-corrected chi connectivity index (χ1v) is 11.3. The Balaban J connectivity index is 1.34. The lowest BCUT2D eigenvalue weighted by molar-refractivity contribution is -0.134. The average Bonchev–Trinajstić information content (AvgIpc) is 3.34. The molecule has 4 amide bonds. The number of piperidine rings is 1. The summed E-state index contributed by atoms with van der Waals surface area (Å²) >= 11 is 0. The number of urea groups is 1. The maximum Gasteiger partial charge on any atom is 0.325 e. The van der Waals surface area contributed by atoms with E-state index in [1.54, 1.807) is 0 Å². The van der Waals surface area contributed by atoms with E-state index < -0.39 is 11.6 Å². The van der Waals surface area contributed by atoms with E-state index in [0.29, 0.717) is 19.5 Å². The zero-order valence-electron chi connectivity index (χ0n) is 17.6. The second kappa shape index (κ2) is 9.16. The minimum atomic E-state index is -0.651. The molecule has 30 heavy (non-hydrogen) atoms. The maximum atomic E-state index is 13.2. The third-order valence-electron chi connectivity index (χ3n) is 6.66.